The highest BCUT2D eigenvalue weighted by Crippen LogP contribution is 2.44. The van der Waals surface area contributed by atoms with Crippen LogP contribution >= 0.6 is 0 Å². The van der Waals surface area contributed by atoms with Gasteiger partial charge in [0.05, 0.1) is 6.54 Å². The summed E-state index contributed by atoms with van der Waals surface area (Å²) in [6, 6.07) is 12.2. The van der Waals surface area contributed by atoms with Crippen LogP contribution in [0, 0.1) is 5.82 Å². The van der Waals surface area contributed by atoms with Crippen LogP contribution in [-0.2, 0) is 6.54 Å². The summed E-state index contributed by atoms with van der Waals surface area (Å²) < 4.78 is 35.1. The maximum atomic E-state index is 14.9. The molecule has 30 heavy (non-hydrogen) atoms. The Bertz CT molecular complexity index is 1040. The number of aromatic amines is 1. The molecule has 3 heterocycles. The fraction of sp³-hybridized carbons (Fsp3) is 0.417. The molecule has 1 fully saturated rings. The number of ether oxygens (including phenoxy) is 1. The maximum Gasteiger partial charge on any atom is 0.123 e. The number of likely N-dealkylation sites (tertiary alicyclic amines) is 1. The van der Waals surface area contributed by atoms with Crippen LogP contribution in [0.4, 0.5) is 8.87 Å². The summed E-state index contributed by atoms with van der Waals surface area (Å²) in [6.45, 7) is 5.81. The smallest absolute Gasteiger partial charge is 0.123 e. The van der Waals surface area contributed by atoms with Crippen LogP contribution in [0.1, 0.15) is 42.5 Å². The lowest BCUT2D eigenvalue weighted by Gasteiger charge is -2.35. The summed E-state index contributed by atoms with van der Waals surface area (Å²) in [7, 11) is 0. The number of para-hydroxylation sites is 1. The van der Waals surface area contributed by atoms with Gasteiger partial charge in [-0.05, 0) is 62.7 Å². The summed E-state index contributed by atoms with van der Waals surface area (Å²) in [6.07, 6.45) is 2.50. The molecule has 0 aliphatic carbocycles. The van der Waals surface area contributed by atoms with E-state index in [0.717, 1.165) is 58.2 Å². The zero-order valence-corrected chi connectivity index (χ0v) is 17.2. The van der Waals surface area contributed by atoms with Crippen molar-refractivity contribution < 1.29 is 13.6 Å². The molecule has 0 amide bonds. The quantitative estimate of drug-likeness (QED) is 0.600. The monoisotopic (exact) mass is 411 g/mol. The fourth-order valence-corrected chi connectivity index (χ4v) is 4.99. The molecular weight excluding hydrogens is 384 g/mol. The van der Waals surface area contributed by atoms with Crippen molar-refractivity contribution in [1.29, 1.82) is 0 Å². The lowest BCUT2D eigenvalue weighted by Crippen LogP contribution is -2.36. The third-order valence-electron chi connectivity index (χ3n) is 6.54. The second-order valence-corrected chi connectivity index (χ2v) is 8.42. The number of benzene rings is 2. The predicted octanol–water partition coefficient (Wildman–Crippen LogP) is 5.00. The van der Waals surface area contributed by atoms with Gasteiger partial charge in [-0.25, -0.2) is 4.39 Å². The van der Waals surface area contributed by atoms with Gasteiger partial charge in [0.2, 0.25) is 0 Å². The van der Waals surface area contributed by atoms with Gasteiger partial charge in [0.15, 0.2) is 0 Å². The first-order chi connectivity index (χ1) is 14.6. The van der Waals surface area contributed by atoms with Crippen molar-refractivity contribution >= 4 is 10.9 Å². The van der Waals surface area contributed by atoms with Crippen LogP contribution in [-0.4, -0.2) is 47.3 Å². The highest BCUT2D eigenvalue weighted by atomic mass is 19.2. The van der Waals surface area contributed by atoms with Crippen LogP contribution in [0.5, 0.6) is 5.75 Å². The molecule has 5 rings (SSSR count). The van der Waals surface area contributed by atoms with Crippen molar-refractivity contribution in [2.75, 3.05) is 26.2 Å². The Kier molecular flexibility index (Phi) is 5.21. The number of fused-ring (bicyclic) bond motifs is 3. The molecule has 6 heteroatoms. The number of nitrogens with zero attached hydrogens (tertiary/aromatic N) is 2. The number of rotatable bonds is 5. The van der Waals surface area contributed by atoms with E-state index in [1.165, 1.54) is 18.9 Å². The lowest BCUT2D eigenvalue weighted by atomic mass is 9.81. The van der Waals surface area contributed by atoms with Crippen molar-refractivity contribution in [3.8, 4) is 5.75 Å². The summed E-state index contributed by atoms with van der Waals surface area (Å²) in [5.74, 6) is 0.242. The standard InChI is InChI=1S/C24H27F2N3O/c1-16-23(18-6-2-3-7-22(18)30-13-12-28-10-4-5-11-28)24-19-14-17(25)8-9-20(19)27-21(24)15-29(16)26/h2-3,6-9,14,16,23,27H,4-5,10-13,15H2,1H3. The van der Waals surface area contributed by atoms with E-state index in [4.69, 9.17) is 4.74 Å². The molecule has 2 unspecified atom stereocenters. The minimum atomic E-state index is -0.386. The molecule has 0 radical (unpaired) electrons. The lowest BCUT2D eigenvalue weighted by molar-refractivity contribution is -0.0394. The molecule has 0 bridgehead atoms. The van der Waals surface area contributed by atoms with E-state index in [0.29, 0.717) is 6.61 Å². The first-order valence-corrected chi connectivity index (χ1v) is 10.8. The Morgan fingerprint density at radius 1 is 1.13 bits per heavy atom. The van der Waals surface area contributed by atoms with E-state index < -0.39 is 0 Å². The van der Waals surface area contributed by atoms with Gasteiger partial charge in [-0.1, -0.05) is 18.2 Å². The van der Waals surface area contributed by atoms with E-state index >= 15 is 0 Å². The number of hydrogen-bond acceptors (Lipinski definition) is 3. The fourth-order valence-electron chi connectivity index (χ4n) is 4.99. The zero-order chi connectivity index (χ0) is 20.7. The van der Waals surface area contributed by atoms with Gasteiger partial charge in [0, 0.05) is 40.7 Å². The van der Waals surface area contributed by atoms with Crippen LogP contribution in [0.2, 0.25) is 0 Å². The molecule has 2 aliphatic heterocycles. The third kappa shape index (κ3) is 3.48. The minimum absolute atomic E-state index is 0.168. The van der Waals surface area contributed by atoms with Crippen molar-refractivity contribution in [2.45, 2.75) is 38.3 Å². The van der Waals surface area contributed by atoms with Crippen LogP contribution in [0.15, 0.2) is 42.5 Å². The Hall–Kier alpha value is -2.44. The van der Waals surface area contributed by atoms with Crippen molar-refractivity contribution in [1.82, 2.24) is 15.0 Å². The molecule has 4 nitrogen and oxygen atoms in total. The largest absolute Gasteiger partial charge is 0.492 e. The molecule has 2 aromatic carbocycles. The maximum absolute atomic E-state index is 14.9. The average Bonchev–Trinajstić information content (AvgIpc) is 3.37. The second-order valence-electron chi connectivity index (χ2n) is 8.42. The van der Waals surface area contributed by atoms with Crippen LogP contribution < -0.4 is 4.74 Å². The summed E-state index contributed by atoms with van der Waals surface area (Å²) in [5, 5.41) is 1.68. The molecule has 1 N–H and O–H groups in total. The SMILES string of the molecule is CC1C(c2ccccc2OCCN2CCCC2)c2c([nH]c3ccc(F)cc23)CN1F. The Morgan fingerprint density at radius 3 is 2.77 bits per heavy atom. The van der Waals surface area contributed by atoms with E-state index in [2.05, 4.69) is 9.88 Å². The highest BCUT2D eigenvalue weighted by Gasteiger charge is 2.37. The Balaban J connectivity index is 1.52. The molecule has 2 atom stereocenters. The zero-order valence-electron chi connectivity index (χ0n) is 17.2. The first kappa shape index (κ1) is 19.5. The molecule has 158 valence electrons. The number of H-pyrrole nitrogens is 1. The van der Waals surface area contributed by atoms with E-state index in [-0.39, 0.29) is 24.3 Å². The van der Waals surface area contributed by atoms with Crippen LogP contribution in [0.3, 0.4) is 0 Å². The molecule has 1 saturated heterocycles. The van der Waals surface area contributed by atoms with Gasteiger partial charge >= 0.3 is 0 Å². The first-order valence-electron chi connectivity index (χ1n) is 10.8. The van der Waals surface area contributed by atoms with E-state index in [1.807, 2.05) is 31.2 Å². The normalized spacial score (nSPS) is 22.5. The molecule has 0 saturated carbocycles. The van der Waals surface area contributed by atoms with Gasteiger partial charge < -0.3 is 9.72 Å². The second kappa shape index (κ2) is 8.00. The third-order valence-corrected chi connectivity index (χ3v) is 6.54. The molecule has 0 spiro atoms. The molecule has 2 aliphatic rings. The van der Waals surface area contributed by atoms with Crippen molar-refractivity contribution in [3.05, 3.63) is 65.1 Å². The number of nitrogens with one attached hydrogen (secondary N) is 1. The van der Waals surface area contributed by atoms with Crippen LogP contribution in [0.25, 0.3) is 10.9 Å². The summed E-state index contributed by atoms with van der Waals surface area (Å²) in [4.78, 5) is 5.71. The van der Waals surface area contributed by atoms with E-state index in [1.54, 1.807) is 12.1 Å². The number of aromatic nitrogens is 1. The van der Waals surface area contributed by atoms with Gasteiger partial charge in [-0.2, -0.15) is 0 Å². The average molecular weight is 411 g/mol. The number of hydrogen-bond donors (Lipinski definition) is 1. The van der Waals surface area contributed by atoms with Gasteiger partial charge in [0.1, 0.15) is 18.2 Å². The van der Waals surface area contributed by atoms with Gasteiger partial charge in [-0.15, -0.1) is 9.60 Å². The predicted molar refractivity (Wildman–Crippen MR) is 114 cm³/mol. The Morgan fingerprint density at radius 2 is 1.93 bits per heavy atom. The highest BCUT2D eigenvalue weighted by molar-refractivity contribution is 5.86. The van der Waals surface area contributed by atoms with Crippen molar-refractivity contribution in [3.63, 3.8) is 0 Å². The van der Waals surface area contributed by atoms with E-state index in [9.17, 15) is 8.87 Å². The van der Waals surface area contributed by atoms with Gasteiger partial charge in [0.25, 0.3) is 0 Å². The Labute approximate surface area is 175 Å². The molecule has 3 aromatic rings. The molecular formula is C24H27F2N3O. The molecule has 1 aromatic heterocycles. The minimum Gasteiger partial charge on any atom is -0.492 e. The van der Waals surface area contributed by atoms with Crippen molar-refractivity contribution in [2.24, 2.45) is 0 Å². The summed E-state index contributed by atoms with van der Waals surface area (Å²) in [5.41, 5.74) is 3.55. The summed E-state index contributed by atoms with van der Waals surface area (Å²) >= 11 is 0. The number of halogens is 2. The van der Waals surface area contributed by atoms with Gasteiger partial charge in [-0.3, -0.25) is 4.90 Å². The topological polar surface area (TPSA) is 31.5 Å².